The molecule has 6 heteroatoms. The van der Waals surface area contributed by atoms with Crippen LogP contribution in [-0.2, 0) is 6.42 Å². The van der Waals surface area contributed by atoms with E-state index >= 15 is 0 Å². The fourth-order valence-electron chi connectivity index (χ4n) is 2.49. The molecule has 0 amide bonds. The van der Waals surface area contributed by atoms with Gasteiger partial charge in [0.2, 0.25) is 0 Å². The Labute approximate surface area is 120 Å². The van der Waals surface area contributed by atoms with Gasteiger partial charge in [-0.05, 0) is 24.9 Å². The van der Waals surface area contributed by atoms with Crippen LogP contribution in [0.3, 0.4) is 0 Å². The van der Waals surface area contributed by atoms with Gasteiger partial charge in [-0.15, -0.1) is 0 Å². The fraction of sp³-hybridized carbons (Fsp3) is 0.643. The SMILES string of the molecule is CNC(CN)Cc1cn[nH]c1C1=CNN(CC(C)C)C1. The number of nitrogens with zero attached hydrogens (tertiary/aromatic N) is 2. The van der Waals surface area contributed by atoms with Gasteiger partial charge in [0.1, 0.15) is 0 Å². The third kappa shape index (κ3) is 3.59. The lowest BCUT2D eigenvalue weighted by atomic mass is 10.0. The molecule has 0 saturated heterocycles. The van der Waals surface area contributed by atoms with Crippen LogP contribution in [0.4, 0.5) is 0 Å². The average molecular weight is 278 g/mol. The van der Waals surface area contributed by atoms with Crippen LogP contribution in [0.5, 0.6) is 0 Å². The molecule has 1 atom stereocenters. The lowest BCUT2D eigenvalue weighted by Crippen LogP contribution is -2.35. The van der Waals surface area contributed by atoms with Gasteiger partial charge >= 0.3 is 0 Å². The molecule has 2 heterocycles. The van der Waals surface area contributed by atoms with Gasteiger partial charge in [-0.3, -0.25) is 5.10 Å². The Hall–Kier alpha value is -1.37. The van der Waals surface area contributed by atoms with Gasteiger partial charge in [-0.25, -0.2) is 5.01 Å². The molecule has 112 valence electrons. The molecule has 1 aliphatic heterocycles. The third-order valence-electron chi connectivity index (χ3n) is 3.57. The largest absolute Gasteiger partial charge is 0.329 e. The molecule has 1 aromatic rings. The molecule has 1 unspecified atom stereocenters. The third-order valence-corrected chi connectivity index (χ3v) is 3.57. The number of aromatic amines is 1. The Bertz CT molecular complexity index is 446. The molecule has 20 heavy (non-hydrogen) atoms. The highest BCUT2D eigenvalue weighted by atomic mass is 15.5. The van der Waals surface area contributed by atoms with Crippen molar-refractivity contribution in [3.8, 4) is 0 Å². The van der Waals surface area contributed by atoms with E-state index in [1.165, 1.54) is 11.1 Å². The molecule has 5 N–H and O–H groups in total. The van der Waals surface area contributed by atoms with Crippen molar-refractivity contribution in [2.24, 2.45) is 11.7 Å². The van der Waals surface area contributed by atoms with Crippen molar-refractivity contribution in [1.29, 1.82) is 0 Å². The Balaban J connectivity index is 2.02. The monoisotopic (exact) mass is 278 g/mol. The van der Waals surface area contributed by atoms with Gasteiger partial charge < -0.3 is 16.5 Å². The minimum atomic E-state index is 0.285. The number of nitrogens with two attached hydrogens (primary N) is 1. The maximum Gasteiger partial charge on any atom is 0.0671 e. The summed E-state index contributed by atoms with van der Waals surface area (Å²) in [7, 11) is 1.94. The number of hydrogen-bond acceptors (Lipinski definition) is 5. The summed E-state index contributed by atoms with van der Waals surface area (Å²) < 4.78 is 0. The Morgan fingerprint density at radius 1 is 1.50 bits per heavy atom. The first-order chi connectivity index (χ1) is 9.63. The summed E-state index contributed by atoms with van der Waals surface area (Å²) in [5.74, 6) is 0.641. The standard InChI is InChI=1S/C14H26N6/c1-10(2)8-20-9-12(7-18-20)14-11(6-17-19-14)4-13(5-15)16-3/h6-7,10,13,16,18H,4-5,8-9,15H2,1-3H3,(H,17,19). The smallest absolute Gasteiger partial charge is 0.0671 e. The van der Waals surface area contributed by atoms with Gasteiger partial charge in [-0.1, -0.05) is 13.8 Å². The van der Waals surface area contributed by atoms with Crippen LogP contribution in [0, 0.1) is 5.92 Å². The predicted octanol–water partition coefficient (Wildman–Crippen LogP) is 0.316. The van der Waals surface area contributed by atoms with Crippen LogP contribution in [0.1, 0.15) is 25.1 Å². The van der Waals surface area contributed by atoms with Crippen molar-refractivity contribution in [2.45, 2.75) is 26.3 Å². The van der Waals surface area contributed by atoms with E-state index in [4.69, 9.17) is 5.73 Å². The topological polar surface area (TPSA) is 82.0 Å². The van der Waals surface area contributed by atoms with Gasteiger partial charge in [-0.2, -0.15) is 5.10 Å². The molecule has 0 fully saturated rings. The molecule has 0 bridgehead atoms. The molecule has 0 aliphatic carbocycles. The maximum absolute atomic E-state index is 5.75. The summed E-state index contributed by atoms with van der Waals surface area (Å²) in [6.45, 7) is 7.00. The van der Waals surface area contributed by atoms with E-state index in [-0.39, 0.29) is 6.04 Å². The summed E-state index contributed by atoms with van der Waals surface area (Å²) in [4.78, 5) is 0. The lowest BCUT2D eigenvalue weighted by molar-refractivity contribution is 0.237. The van der Waals surface area contributed by atoms with Crippen LogP contribution in [0.15, 0.2) is 12.4 Å². The minimum absolute atomic E-state index is 0.285. The van der Waals surface area contributed by atoms with Gasteiger partial charge in [0.05, 0.1) is 11.9 Å². The molecule has 6 nitrogen and oxygen atoms in total. The van der Waals surface area contributed by atoms with E-state index in [1.807, 2.05) is 13.2 Å². The molecule has 1 aromatic heterocycles. The second-order valence-corrected chi connectivity index (χ2v) is 5.77. The molecule has 1 aliphatic rings. The highest BCUT2D eigenvalue weighted by Crippen LogP contribution is 2.21. The van der Waals surface area contributed by atoms with Crippen molar-refractivity contribution in [2.75, 3.05) is 26.7 Å². The van der Waals surface area contributed by atoms with Gasteiger partial charge in [0, 0.05) is 37.4 Å². The van der Waals surface area contributed by atoms with Crippen molar-refractivity contribution < 1.29 is 0 Å². The van der Waals surface area contributed by atoms with Crippen molar-refractivity contribution >= 4 is 5.57 Å². The van der Waals surface area contributed by atoms with E-state index in [9.17, 15) is 0 Å². The lowest BCUT2D eigenvalue weighted by Gasteiger charge is -2.18. The summed E-state index contributed by atoms with van der Waals surface area (Å²) in [5, 5.41) is 12.8. The van der Waals surface area contributed by atoms with Gasteiger partial charge in [0.15, 0.2) is 0 Å². The van der Waals surface area contributed by atoms with Crippen molar-refractivity contribution in [1.82, 2.24) is 25.9 Å². The fourth-order valence-corrected chi connectivity index (χ4v) is 2.49. The Morgan fingerprint density at radius 3 is 2.95 bits per heavy atom. The zero-order chi connectivity index (χ0) is 14.5. The first kappa shape index (κ1) is 15.0. The van der Waals surface area contributed by atoms with E-state index in [0.29, 0.717) is 12.5 Å². The Morgan fingerprint density at radius 2 is 2.30 bits per heavy atom. The zero-order valence-corrected chi connectivity index (χ0v) is 12.6. The summed E-state index contributed by atoms with van der Waals surface area (Å²) >= 11 is 0. The Kier molecular flexibility index (Phi) is 5.17. The number of aromatic nitrogens is 2. The van der Waals surface area contributed by atoms with E-state index in [2.05, 4.69) is 46.0 Å². The number of likely N-dealkylation sites (N-methyl/N-ethyl adjacent to an activating group) is 1. The number of H-pyrrole nitrogens is 1. The highest BCUT2D eigenvalue weighted by molar-refractivity contribution is 5.67. The highest BCUT2D eigenvalue weighted by Gasteiger charge is 2.20. The van der Waals surface area contributed by atoms with Crippen LogP contribution in [0.25, 0.3) is 5.57 Å². The van der Waals surface area contributed by atoms with Crippen molar-refractivity contribution in [3.05, 3.63) is 23.7 Å². The second-order valence-electron chi connectivity index (χ2n) is 5.77. The number of hydrogen-bond donors (Lipinski definition) is 4. The van der Waals surface area contributed by atoms with E-state index in [1.54, 1.807) is 0 Å². The van der Waals surface area contributed by atoms with E-state index < -0.39 is 0 Å². The number of rotatable bonds is 7. The molecular weight excluding hydrogens is 252 g/mol. The molecule has 0 spiro atoms. The molecular formula is C14H26N6. The summed E-state index contributed by atoms with van der Waals surface area (Å²) in [6, 6.07) is 0.285. The predicted molar refractivity (Wildman–Crippen MR) is 81.7 cm³/mol. The second kappa shape index (κ2) is 6.88. The number of hydrazine groups is 1. The zero-order valence-electron chi connectivity index (χ0n) is 12.6. The quantitative estimate of drug-likeness (QED) is 0.577. The van der Waals surface area contributed by atoms with E-state index in [0.717, 1.165) is 25.2 Å². The molecule has 0 saturated carbocycles. The van der Waals surface area contributed by atoms with Crippen molar-refractivity contribution in [3.63, 3.8) is 0 Å². The van der Waals surface area contributed by atoms with Crippen LogP contribution < -0.4 is 16.5 Å². The van der Waals surface area contributed by atoms with Crippen LogP contribution in [0.2, 0.25) is 0 Å². The van der Waals surface area contributed by atoms with Crippen LogP contribution in [-0.4, -0.2) is 47.9 Å². The van der Waals surface area contributed by atoms with Gasteiger partial charge in [0.25, 0.3) is 0 Å². The number of nitrogens with one attached hydrogen (secondary N) is 3. The maximum atomic E-state index is 5.75. The molecule has 0 radical (unpaired) electrons. The normalized spacial score (nSPS) is 17.4. The minimum Gasteiger partial charge on any atom is -0.329 e. The first-order valence-corrected chi connectivity index (χ1v) is 7.24. The molecule has 2 rings (SSSR count). The van der Waals surface area contributed by atoms with Crippen LogP contribution >= 0.6 is 0 Å². The average Bonchev–Trinajstić information content (AvgIpc) is 3.03. The summed E-state index contributed by atoms with van der Waals surface area (Å²) in [6.07, 6.45) is 4.86. The first-order valence-electron chi connectivity index (χ1n) is 7.24. The summed E-state index contributed by atoms with van der Waals surface area (Å²) in [5.41, 5.74) is 12.7. The molecule has 0 aromatic carbocycles.